The zero-order valence-corrected chi connectivity index (χ0v) is 17.5. The molecule has 172 valence electrons. The van der Waals surface area contributed by atoms with Crippen molar-refractivity contribution in [1.82, 2.24) is 0 Å². The summed E-state index contributed by atoms with van der Waals surface area (Å²) in [6, 6.07) is 18.5. The quantitative estimate of drug-likeness (QED) is 0.352. The van der Waals surface area contributed by atoms with Crippen molar-refractivity contribution in [3.05, 3.63) is 101 Å². The third-order valence-corrected chi connectivity index (χ3v) is 4.63. The second-order valence-electron chi connectivity index (χ2n) is 7.03. The molecule has 0 aliphatic heterocycles. The zero-order valence-electron chi connectivity index (χ0n) is 17.5. The van der Waals surface area contributed by atoms with E-state index >= 15 is 0 Å². The van der Waals surface area contributed by atoms with Gasteiger partial charge in [0.2, 0.25) is 0 Å². The van der Waals surface area contributed by atoms with Gasteiger partial charge in [-0.2, -0.15) is 18.4 Å². The number of para-hydroxylation sites is 1. The maximum atomic E-state index is 12.9. The molecular weight excluding hydrogens is 449 g/mol. The number of halogens is 3. The van der Waals surface area contributed by atoms with Gasteiger partial charge in [0.25, 0.3) is 5.91 Å². The number of hydrogen-bond donors (Lipinski definition) is 2. The van der Waals surface area contributed by atoms with Crippen molar-refractivity contribution in [3.8, 4) is 11.8 Å². The highest BCUT2D eigenvalue weighted by Gasteiger charge is 2.30. The third-order valence-electron chi connectivity index (χ3n) is 4.63. The number of carbonyl (C=O) groups is 2. The highest BCUT2D eigenvalue weighted by molar-refractivity contribution is 6.09. The molecule has 3 rings (SSSR count). The largest absolute Gasteiger partial charge is 0.488 e. The van der Waals surface area contributed by atoms with E-state index in [1.54, 1.807) is 42.5 Å². The van der Waals surface area contributed by atoms with Gasteiger partial charge in [0.15, 0.2) is 0 Å². The third kappa shape index (κ3) is 6.23. The summed E-state index contributed by atoms with van der Waals surface area (Å²) in [5.41, 5.74) is -0.123. The fourth-order valence-electron chi connectivity index (χ4n) is 2.91. The molecule has 1 amide bonds. The van der Waals surface area contributed by atoms with Crippen LogP contribution in [0.2, 0.25) is 0 Å². The van der Waals surface area contributed by atoms with Crippen molar-refractivity contribution in [1.29, 1.82) is 5.26 Å². The molecule has 0 heterocycles. The van der Waals surface area contributed by atoms with E-state index in [1.165, 1.54) is 24.3 Å². The van der Waals surface area contributed by atoms with Crippen molar-refractivity contribution in [2.75, 3.05) is 5.32 Å². The van der Waals surface area contributed by atoms with E-state index in [9.17, 15) is 28.0 Å². The number of alkyl halides is 3. The van der Waals surface area contributed by atoms with Gasteiger partial charge >= 0.3 is 12.1 Å². The lowest BCUT2D eigenvalue weighted by atomic mass is 10.1. The number of anilines is 1. The number of nitriles is 1. The summed E-state index contributed by atoms with van der Waals surface area (Å²) in [6.07, 6.45) is -3.30. The summed E-state index contributed by atoms with van der Waals surface area (Å²) < 4.78 is 44.4. The maximum Gasteiger partial charge on any atom is 0.416 e. The SMILES string of the molecule is N#C/C(=C/c1ccccc1OCc1ccc(C(=O)O)cc1)C(=O)Nc1cccc(C(F)(F)F)c1. The van der Waals surface area contributed by atoms with E-state index in [2.05, 4.69) is 5.32 Å². The van der Waals surface area contributed by atoms with Crippen LogP contribution >= 0.6 is 0 Å². The van der Waals surface area contributed by atoms with Crippen LogP contribution in [0.3, 0.4) is 0 Å². The van der Waals surface area contributed by atoms with Crippen LogP contribution in [-0.4, -0.2) is 17.0 Å². The zero-order chi connectivity index (χ0) is 24.7. The minimum atomic E-state index is -4.57. The van der Waals surface area contributed by atoms with Crippen molar-refractivity contribution in [2.24, 2.45) is 0 Å². The standard InChI is InChI=1S/C25H17F3N2O4/c26-25(27,28)20-5-3-6-21(13-20)30-23(31)19(14-29)12-18-4-1-2-7-22(18)34-15-16-8-10-17(11-9-16)24(32)33/h1-13H,15H2,(H,30,31)(H,32,33)/b19-12-. The molecule has 0 bridgehead atoms. The van der Waals surface area contributed by atoms with Crippen molar-refractivity contribution < 1.29 is 32.6 Å². The van der Waals surface area contributed by atoms with Crippen LogP contribution in [0.4, 0.5) is 18.9 Å². The normalized spacial score (nSPS) is 11.4. The molecule has 0 fully saturated rings. The van der Waals surface area contributed by atoms with Crippen LogP contribution in [0.25, 0.3) is 6.08 Å². The molecule has 34 heavy (non-hydrogen) atoms. The summed E-state index contributed by atoms with van der Waals surface area (Å²) >= 11 is 0. The van der Waals surface area contributed by atoms with Crippen molar-refractivity contribution in [3.63, 3.8) is 0 Å². The number of amides is 1. The average molecular weight is 466 g/mol. The lowest BCUT2D eigenvalue weighted by Crippen LogP contribution is -2.14. The van der Waals surface area contributed by atoms with Crippen molar-refractivity contribution in [2.45, 2.75) is 12.8 Å². The Morgan fingerprint density at radius 2 is 1.74 bits per heavy atom. The summed E-state index contributed by atoms with van der Waals surface area (Å²) in [6.45, 7) is 0.100. The molecule has 3 aromatic carbocycles. The first-order valence-electron chi connectivity index (χ1n) is 9.82. The van der Waals surface area contributed by atoms with E-state index in [0.717, 1.165) is 18.2 Å². The van der Waals surface area contributed by atoms with Crippen LogP contribution < -0.4 is 10.1 Å². The summed E-state index contributed by atoms with van der Waals surface area (Å²) in [5, 5.41) is 20.7. The van der Waals surface area contributed by atoms with Gasteiger partial charge in [0.05, 0.1) is 11.1 Å². The molecule has 9 heteroatoms. The molecular formula is C25H17F3N2O4. The van der Waals surface area contributed by atoms with Gasteiger partial charge in [-0.25, -0.2) is 4.79 Å². The number of rotatable bonds is 7. The minimum absolute atomic E-state index is 0.100. The van der Waals surface area contributed by atoms with Crippen LogP contribution in [0.5, 0.6) is 5.75 Å². The molecule has 2 N–H and O–H groups in total. The van der Waals surface area contributed by atoms with Crippen LogP contribution in [0.15, 0.2) is 78.4 Å². The summed E-state index contributed by atoms with van der Waals surface area (Å²) in [5.74, 6) is -1.57. The Kier molecular flexibility index (Phi) is 7.33. The number of benzene rings is 3. The molecule has 0 aliphatic carbocycles. The maximum absolute atomic E-state index is 12.9. The monoisotopic (exact) mass is 466 g/mol. The van der Waals surface area contributed by atoms with Crippen molar-refractivity contribution >= 4 is 23.6 Å². The second kappa shape index (κ2) is 10.4. The lowest BCUT2D eigenvalue weighted by Gasteiger charge is -2.11. The number of carbonyl (C=O) groups excluding carboxylic acids is 1. The Hall–Kier alpha value is -4.58. The number of carboxylic acids is 1. The number of hydrogen-bond acceptors (Lipinski definition) is 4. The first kappa shape index (κ1) is 24.1. The molecule has 3 aromatic rings. The highest BCUT2D eigenvalue weighted by atomic mass is 19.4. The fraction of sp³-hybridized carbons (Fsp3) is 0.0800. The Balaban J connectivity index is 1.77. The number of nitrogens with zero attached hydrogens (tertiary/aromatic N) is 1. The number of carboxylic acid groups (broad SMARTS) is 1. The lowest BCUT2D eigenvalue weighted by molar-refractivity contribution is -0.137. The minimum Gasteiger partial charge on any atom is -0.488 e. The molecule has 0 aliphatic rings. The second-order valence-corrected chi connectivity index (χ2v) is 7.03. The summed E-state index contributed by atoms with van der Waals surface area (Å²) in [4.78, 5) is 23.5. The predicted octanol–water partition coefficient (Wildman–Crippen LogP) is 5.53. The molecule has 0 radical (unpaired) electrons. The topological polar surface area (TPSA) is 99.4 Å². The Bertz CT molecular complexity index is 1280. The molecule has 0 unspecified atom stereocenters. The molecule has 0 aromatic heterocycles. The molecule has 6 nitrogen and oxygen atoms in total. The van der Waals surface area contributed by atoms with Gasteiger partial charge in [0, 0.05) is 11.3 Å². The molecule has 0 saturated carbocycles. The number of ether oxygens (including phenoxy) is 1. The molecule has 0 spiro atoms. The molecule has 0 atom stereocenters. The van der Waals surface area contributed by atoms with Gasteiger partial charge in [-0.3, -0.25) is 4.79 Å². The van der Waals surface area contributed by atoms with E-state index in [-0.39, 0.29) is 23.4 Å². The Morgan fingerprint density at radius 3 is 2.38 bits per heavy atom. The molecule has 0 saturated heterocycles. The van der Waals surface area contributed by atoms with Gasteiger partial charge in [-0.05, 0) is 48.0 Å². The average Bonchev–Trinajstić information content (AvgIpc) is 2.81. The first-order valence-corrected chi connectivity index (χ1v) is 9.82. The first-order chi connectivity index (χ1) is 16.2. The van der Waals surface area contributed by atoms with Gasteiger partial charge < -0.3 is 15.2 Å². The van der Waals surface area contributed by atoms with E-state index < -0.39 is 23.6 Å². The van der Waals surface area contributed by atoms with Gasteiger partial charge in [0.1, 0.15) is 24.0 Å². The van der Waals surface area contributed by atoms with E-state index in [1.807, 2.05) is 0 Å². The van der Waals surface area contributed by atoms with Crippen LogP contribution in [0.1, 0.15) is 27.0 Å². The Morgan fingerprint density at radius 1 is 1.03 bits per heavy atom. The van der Waals surface area contributed by atoms with Gasteiger partial charge in [-0.15, -0.1) is 0 Å². The number of aromatic carboxylic acids is 1. The smallest absolute Gasteiger partial charge is 0.416 e. The van der Waals surface area contributed by atoms with Gasteiger partial charge in [-0.1, -0.05) is 36.4 Å². The number of nitrogens with one attached hydrogen (secondary N) is 1. The van der Waals surface area contributed by atoms with E-state index in [0.29, 0.717) is 16.9 Å². The van der Waals surface area contributed by atoms with E-state index in [4.69, 9.17) is 9.84 Å². The summed E-state index contributed by atoms with van der Waals surface area (Å²) in [7, 11) is 0. The highest BCUT2D eigenvalue weighted by Crippen LogP contribution is 2.31. The fourth-order valence-corrected chi connectivity index (χ4v) is 2.91. The predicted molar refractivity (Wildman–Crippen MR) is 118 cm³/mol. The van der Waals surface area contributed by atoms with Crippen LogP contribution in [0, 0.1) is 11.3 Å². The van der Waals surface area contributed by atoms with Crippen LogP contribution in [-0.2, 0) is 17.6 Å². The Labute approximate surface area is 192 Å².